The van der Waals surface area contributed by atoms with Crippen molar-refractivity contribution in [3.05, 3.63) is 68.7 Å². The highest BCUT2D eigenvalue weighted by Gasteiger charge is 2.23. The second-order valence-corrected chi connectivity index (χ2v) is 9.58. The number of halogens is 2. The van der Waals surface area contributed by atoms with Crippen LogP contribution in [0, 0.1) is 0 Å². The Morgan fingerprint density at radius 2 is 1.77 bits per heavy atom. The van der Waals surface area contributed by atoms with Gasteiger partial charge in [0, 0.05) is 52.4 Å². The molecule has 1 saturated heterocycles. The molecule has 0 aliphatic carbocycles. The van der Waals surface area contributed by atoms with E-state index in [1.165, 1.54) is 10.9 Å². The summed E-state index contributed by atoms with van der Waals surface area (Å²) in [5, 5.41) is 1.32. The molecule has 0 saturated carbocycles. The van der Waals surface area contributed by atoms with E-state index >= 15 is 0 Å². The summed E-state index contributed by atoms with van der Waals surface area (Å²) in [6.07, 6.45) is 1.42. The second kappa shape index (κ2) is 10.3. The molecule has 1 aliphatic heterocycles. The predicted octanol–water partition coefficient (Wildman–Crippen LogP) is 3.59. The van der Waals surface area contributed by atoms with Crippen LogP contribution in [0.15, 0.2) is 47.5 Å². The summed E-state index contributed by atoms with van der Waals surface area (Å²) in [6.45, 7) is 6.24. The maximum Gasteiger partial charge on any atom is 0.261 e. The summed E-state index contributed by atoms with van der Waals surface area (Å²) in [6, 6.07) is 10.1. The molecule has 1 atom stereocenters. The van der Waals surface area contributed by atoms with Gasteiger partial charge in [-0.2, -0.15) is 0 Å². The largest absolute Gasteiger partial charge is 0.368 e. The number of benzene rings is 2. The van der Waals surface area contributed by atoms with E-state index in [0.717, 1.165) is 11.3 Å². The molecule has 2 heterocycles. The third kappa shape index (κ3) is 5.28. The molecule has 184 valence electrons. The SMILES string of the molecule is CC(=O)N1CCN(c2ccc3ncn(C(C)C(=O)N(C)Cc4ccc(Cl)c(Cl)c4)c(=O)c3c2)CC1. The zero-order valence-electron chi connectivity index (χ0n) is 19.9. The van der Waals surface area contributed by atoms with Gasteiger partial charge in [-0.1, -0.05) is 29.3 Å². The lowest BCUT2D eigenvalue weighted by atomic mass is 10.1. The van der Waals surface area contributed by atoms with Crippen molar-refractivity contribution in [1.29, 1.82) is 0 Å². The lowest BCUT2D eigenvalue weighted by Crippen LogP contribution is -2.48. The fraction of sp³-hybridized carbons (Fsp3) is 0.360. The average molecular weight is 516 g/mol. The van der Waals surface area contributed by atoms with Crippen molar-refractivity contribution in [2.45, 2.75) is 26.4 Å². The lowest BCUT2D eigenvalue weighted by molar-refractivity contribution is -0.133. The Morgan fingerprint density at radius 3 is 2.43 bits per heavy atom. The quantitative estimate of drug-likeness (QED) is 0.518. The Bertz CT molecular complexity index is 1330. The van der Waals surface area contributed by atoms with Crippen LogP contribution < -0.4 is 10.5 Å². The van der Waals surface area contributed by atoms with Gasteiger partial charge in [0.05, 0.1) is 27.3 Å². The van der Waals surface area contributed by atoms with Crippen molar-refractivity contribution in [3.8, 4) is 0 Å². The number of anilines is 1. The van der Waals surface area contributed by atoms with Crippen molar-refractivity contribution < 1.29 is 9.59 Å². The molecular formula is C25H27Cl2N5O3. The van der Waals surface area contributed by atoms with Crippen LogP contribution in [0.4, 0.5) is 5.69 Å². The van der Waals surface area contributed by atoms with E-state index in [1.54, 1.807) is 37.9 Å². The smallest absolute Gasteiger partial charge is 0.261 e. The topological polar surface area (TPSA) is 78.8 Å². The maximum atomic E-state index is 13.4. The van der Waals surface area contributed by atoms with Crippen molar-refractivity contribution in [3.63, 3.8) is 0 Å². The fourth-order valence-corrected chi connectivity index (χ4v) is 4.62. The normalized spacial score (nSPS) is 14.8. The number of carbonyl (C=O) groups excluding carboxylic acids is 2. The van der Waals surface area contributed by atoms with Crippen LogP contribution in [0.3, 0.4) is 0 Å². The zero-order valence-corrected chi connectivity index (χ0v) is 21.4. The Labute approximate surface area is 213 Å². The number of piperazine rings is 1. The summed E-state index contributed by atoms with van der Waals surface area (Å²) < 4.78 is 1.37. The molecule has 0 spiro atoms. The van der Waals surface area contributed by atoms with E-state index < -0.39 is 6.04 Å². The van der Waals surface area contributed by atoms with Crippen LogP contribution in [0.25, 0.3) is 10.9 Å². The third-order valence-electron chi connectivity index (χ3n) is 6.41. The molecule has 1 unspecified atom stereocenters. The van der Waals surface area contributed by atoms with Crippen molar-refractivity contribution in [2.24, 2.45) is 0 Å². The highest BCUT2D eigenvalue weighted by atomic mass is 35.5. The van der Waals surface area contributed by atoms with Gasteiger partial charge in [0.1, 0.15) is 6.04 Å². The maximum absolute atomic E-state index is 13.4. The molecule has 1 aliphatic rings. The number of hydrogen-bond donors (Lipinski definition) is 0. The highest BCUT2D eigenvalue weighted by molar-refractivity contribution is 6.42. The van der Waals surface area contributed by atoms with E-state index in [2.05, 4.69) is 9.88 Å². The van der Waals surface area contributed by atoms with Crippen LogP contribution in [0.5, 0.6) is 0 Å². The Balaban J connectivity index is 1.55. The van der Waals surface area contributed by atoms with Gasteiger partial charge < -0.3 is 14.7 Å². The first-order chi connectivity index (χ1) is 16.7. The van der Waals surface area contributed by atoms with Gasteiger partial charge in [0.25, 0.3) is 5.56 Å². The van der Waals surface area contributed by atoms with Crippen LogP contribution in [0.2, 0.25) is 10.0 Å². The molecule has 0 bridgehead atoms. The highest BCUT2D eigenvalue weighted by Crippen LogP contribution is 2.24. The van der Waals surface area contributed by atoms with Gasteiger partial charge in [0.15, 0.2) is 0 Å². The predicted molar refractivity (Wildman–Crippen MR) is 138 cm³/mol. The molecule has 2 aromatic carbocycles. The first-order valence-electron chi connectivity index (χ1n) is 11.4. The zero-order chi connectivity index (χ0) is 25.3. The minimum absolute atomic E-state index is 0.0676. The first kappa shape index (κ1) is 25.0. The summed E-state index contributed by atoms with van der Waals surface area (Å²) in [5.74, 6) is -0.158. The van der Waals surface area contributed by atoms with Gasteiger partial charge >= 0.3 is 0 Å². The molecule has 0 radical (unpaired) electrons. The van der Waals surface area contributed by atoms with Crippen LogP contribution in [-0.2, 0) is 16.1 Å². The van der Waals surface area contributed by atoms with Gasteiger partial charge in [0.2, 0.25) is 11.8 Å². The van der Waals surface area contributed by atoms with Crippen molar-refractivity contribution in [1.82, 2.24) is 19.4 Å². The number of aromatic nitrogens is 2. The van der Waals surface area contributed by atoms with E-state index in [1.807, 2.05) is 29.2 Å². The van der Waals surface area contributed by atoms with Crippen LogP contribution in [-0.4, -0.2) is 64.4 Å². The van der Waals surface area contributed by atoms with Gasteiger partial charge in [-0.15, -0.1) is 0 Å². The molecule has 1 aromatic heterocycles. The summed E-state index contributed by atoms with van der Waals surface area (Å²) >= 11 is 12.1. The molecular weight excluding hydrogens is 489 g/mol. The fourth-order valence-electron chi connectivity index (χ4n) is 4.30. The average Bonchev–Trinajstić information content (AvgIpc) is 2.85. The summed E-state index contributed by atoms with van der Waals surface area (Å²) in [4.78, 5) is 48.0. The standard InChI is InChI=1S/C25H27Cl2N5O3/c1-16(24(34)29(3)14-18-4-6-21(26)22(27)12-18)32-15-28-23-7-5-19(13-20(23)25(32)35)31-10-8-30(9-11-31)17(2)33/h4-7,12-13,15-16H,8-11,14H2,1-3H3. The van der Waals surface area contributed by atoms with Crippen LogP contribution in [0.1, 0.15) is 25.5 Å². The number of hydrogen-bond acceptors (Lipinski definition) is 5. The number of nitrogens with zero attached hydrogens (tertiary/aromatic N) is 5. The second-order valence-electron chi connectivity index (χ2n) is 8.77. The van der Waals surface area contributed by atoms with Gasteiger partial charge in [-0.05, 0) is 42.8 Å². The van der Waals surface area contributed by atoms with Gasteiger partial charge in [-0.25, -0.2) is 4.98 Å². The minimum atomic E-state index is -0.741. The molecule has 3 aromatic rings. The Hall–Kier alpha value is -3.10. The van der Waals surface area contributed by atoms with Crippen molar-refractivity contribution in [2.75, 3.05) is 38.1 Å². The number of rotatable bonds is 5. The molecule has 0 N–H and O–H groups in total. The minimum Gasteiger partial charge on any atom is -0.368 e. The Kier molecular flexibility index (Phi) is 7.33. The van der Waals surface area contributed by atoms with E-state index in [4.69, 9.17) is 23.2 Å². The number of carbonyl (C=O) groups is 2. The molecule has 4 rings (SSSR count). The molecule has 1 fully saturated rings. The van der Waals surface area contributed by atoms with E-state index in [-0.39, 0.29) is 17.4 Å². The van der Waals surface area contributed by atoms with Crippen LogP contribution >= 0.6 is 23.2 Å². The lowest BCUT2D eigenvalue weighted by Gasteiger charge is -2.35. The van der Waals surface area contributed by atoms with E-state index in [0.29, 0.717) is 53.7 Å². The van der Waals surface area contributed by atoms with Crippen molar-refractivity contribution >= 4 is 51.6 Å². The number of likely N-dealkylation sites (N-methyl/N-ethyl adjacent to an activating group) is 1. The molecule has 8 nitrogen and oxygen atoms in total. The number of fused-ring (bicyclic) bond motifs is 1. The summed E-state index contributed by atoms with van der Waals surface area (Å²) in [7, 11) is 1.68. The Morgan fingerprint density at radius 1 is 1.06 bits per heavy atom. The monoisotopic (exact) mass is 515 g/mol. The molecule has 35 heavy (non-hydrogen) atoms. The number of amides is 2. The van der Waals surface area contributed by atoms with Gasteiger partial charge in [-0.3, -0.25) is 19.0 Å². The summed E-state index contributed by atoms with van der Waals surface area (Å²) in [5.41, 5.74) is 2.03. The third-order valence-corrected chi connectivity index (χ3v) is 7.15. The molecule has 10 heteroatoms. The van der Waals surface area contributed by atoms with E-state index in [9.17, 15) is 14.4 Å². The first-order valence-corrected chi connectivity index (χ1v) is 12.1. The molecule has 2 amide bonds.